The number of hydrogen-bond donors (Lipinski definition) is 4. The van der Waals surface area contributed by atoms with Gasteiger partial charge in [0.25, 0.3) is 0 Å². The van der Waals surface area contributed by atoms with Crippen LogP contribution in [0.1, 0.15) is 6.42 Å². The first-order chi connectivity index (χ1) is 7.47. The van der Waals surface area contributed by atoms with Gasteiger partial charge in [-0.3, -0.25) is 9.89 Å². The Morgan fingerprint density at radius 1 is 1.62 bits per heavy atom. The molecule has 0 saturated heterocycles. The molecule has 0 spiro atoms. The van der Waals surface area contributed by atoms with E-state index in [9.17, 15) is 13.2 Å². The smallest absolute Gasteiger partial charge is 0.321 e. The SMILES string of the molecule is O=C(O)[C@@H](CCO)NS(=O)(=O)c1cn[nH]c1. The highest BCUT2D eigenvalue weighted by Gasteiger charge is 2.25. The number of sulfonamides is 1. The monoisotopic (exact) mass is 249 g/mol. The van der Waals surface area contributed by atoms with E-state index in [0.29, 0.717) is 0 Å². The molecule has 1 atom stereocenters. The number of nitrogens with one attached hydrogen (secondary N) is 2. The van der Waals surface area contributed by atoms with Gasteiger partial charge in [-0.15, -0.1) is 0 Å². The molecule has 8 nitrogen and oxygen atoms in total. The maximum Gasteiger partial charge on any atom is 0.321 e. The lowest BCUT2D eigenvalue weighted by atomic mass is 10.2. The number of H-pyrrole nitrogens is 1. The standard InChI is InChI=1S/C7H11N3O5S/c11-2-1-6(7(12)13)10-16(14,15)5-3-8-9-4-5/h3-4,6,10-11H,1-2H2,(H,8,9)(H,12,13)/t6-/m1/s1. The van der Waals surface area contributed by atoms with Crippen LogP contribution in [0.2, 0.25) is 0 Å². The molecule has 0 unspecified atom stereocenters. The Kier molecular flexibility index (Phi) is 3.99. The topological polar surface area (TPSA) is 132 Å². The van der Waals surface area contributed by atoms with Crippen molar-refractivity contribution in [3.8, 4) is 0 Å². The number of aromatic nitrogens is 2. The van der Waals surface area contributed by atoms with Crippen molar-refractivity contribution < 1.29 is 23.4 Å². The molecule has 0 aliphatic carbocycles. The van der Waals surface area contributed by atoms with Gasteiger partial charge in [-0.05, 0) is 6.42 Å². The number of nitrogens with zero attached hydrogens (tertiary/aromatic N) is 1. The third-order valence-electron chi connectivity index (χ3n) is 1.80. The minimum atomic E-state index is -3.92. The minimum Gasteiger partial charge on any atom is -0.480 e. The van der Waals surface area contributed by atoms with E-state index >= 15 is 0 Å². The maximum atomic E-state index is 11.6. The van der Waals surface area contributed by atoms with E-state index in [4.69, 9.17) is 10.2 Å². The molecule has 0 aliphatic rings. The van der Waals surface area contributed by atoms with E-state index in [1.165, 1.54) is 0 Å². The summed E-state index contributed by atoms with van der Waals surface area (Å²) < 4.78 is 25.1. The van der Waals surface area contributed by atoms with E-state index in [2.05, 4.69) is 10.2 Å². The second-order valence-corrected chi connectivity index (χ2v) is 4.67. The Hall–Kier alpha value is -1.45. The van der Waals surface area contributed by atoms with E-state index in [0.717, 1.165) is 12.4 Å². The highest BCUT2D eigenvalue weighted by atomic mass is 32.2. The van der Waals surface area contributed by atoms with Gasteiger partial charge in [-0.1, -0.05) is 0 Å². The first-order valence-electron chi connectivity index (χ1n) is 4.32. The number of aliphatic carboxylic acids is 1. The fourth-order valence-corrected chi connectivity index (χ4v) is 2.13. The molecular weight excluding hydrogens is 238 g/mol. The number of aliphatic hydroxyl groups excluding tert-OH is 1. The van der Waals surface area contributed by atoms with E-state index in [-0.39, 0.29) is 11.3 Å². The second-order valence-electron chi connectivity index (χ2n) is 2.96. The molecule has 9 heteroatoms. The average molecular weight is 249 g/mol. The van der Waals surface area contributed by atoms with E-state index in [1.54, 1.807) is 0 Å². The summed E-state index contributed by atoms with van der Waals surface area (Å²) in [6.45, 7) is -0.426. The van der Waals surface area contributed by atoms with Gasteiger partial charge in [0.05, 0.1) is 6.20 Å². The van der Waals surface area contributed by atoms with Crippen LogP contribution >= 0.6 is 0 Å². The van der Waals surface area contributed by atoms with Crippen molar-refractivity contribution in [3.63, 3.8) is 0 Å². The summed E-state index contributed by atoms with van der Waals surface area (Å²) in [5.41, 5.74) is 0. The molecule has 0 radical (unpaired) electrons. The molecule has 0 aromatic carbocycles. The molecule has 0 amide bonds. The number of aromatic amines is 1. The fourth-order valence-electron chi connectivity index (χ4n) is 1.00. The van der Waals surface area contributed by atoms with Crippen LogP contribution < -0.4 is 4.72 Å². The first kappa shape index (κ1) is 12.6. The molecule has 90 valence electrons. The number of carbonyl (C=O) groups is 1. The van der Waals surface area contributed by atoms with Gasteiger partial charge in [0.2, 0.25) is 10.0 Å². The molecule has 16 heavy (non-hydrogen) atoms. The van der Waals surface area contributed by atoms with Gasteiger partial charge >= 0.3 is 5.97 Å². The van der Waals surface area contributed by atoms with Crippen LogP contribution in [0.4, 0.5) is 0 Å². The molecule has 1 aromatic heterocycles. The van der Waals surface area contributed by atoms with Crippen molar-refractivity contribution in [2.24, 2.45) is 0 Å². The molecule has 1 heterocycles. The summed E-state index contributed by atoms with van der Waals surface area (Å²) >= 11 is 0. The Morgan fingerprint density at radius 2 is 2.31 bits per heavy atom. The van der Waals surface area contributed by atoms with Crippen LogP contribution in [-0.2, 0) is 14.8 Å². The predicted octanol–water partition coefficient (Wildman–Crippen LogP) is -1.48. The lowest BCUT2D eigenvalue weighted by molar-refractivity contribution is -0.139. The highest BCUT2D eigenvalue weighted by molar-refractivity contribution is 7.89. The normalized spacial score (nSPS) is 13.6. The first-order valence-corrected chi connectivity index (χ1v) is 5.80. The predicted molar refractivity (Wildman–Crippen MR) is 52.0 cm³/mol. The Bertz CT molecular complexity index is 441. The largest absolute Gasteiger partial charge is 0.480 e. The van der Waals surface area contributed by atoms with Gasteiger partial charge in [0.1, 0.15) is 10.9 Å². The van der Waals surface area contributed by atoms with Crippen molar-refractivity contribution in [1.29, 1.82) is 0 Å². The number of aliphatic hydroxyl groups is 1. The number of hydrogen-bond acceptors (Lipinski definition) is 5. The zero-order valence-corrected chi connectivity index (χ0v) is 8.94. The number of carboxylic acid groups (broad SMARTS) is 1. The highest BCUT2D eigenvalue weighted by Crippen LogP contribution is 2.06. The average Bonchev–Trinajstić information content (AvgIpc) is 2.69. The molecule has 4 N–H and O–H groups in total. The van der Waals surface area contributed by atoms with Crippen molar-refractivity contribution in [3.05, 3.63) is 12.4 Å². The zero-order chi connectivity index (χ0) is 12.2. The minimum absolute atomic E-state index is 0.156. The van der Waals surface area contributed by atoms with Crippen LogP contribution in [0.25, 0.3) is 0 Å². The van der Waals surface area contributed by atoms with Gasteiger partial charge in [-0.2, -0.15) is 9.82 Å². The summed E-state index contributed by atoms with van der Waals surface area (Å²) in [4.78, 5) is 10.5. The van der Waals surface area contributed by atoms with Crippen LogP contribution in [0.5, 0.6) is 0 Å². The lowest BCUT2D eigenvalue weighted by Gasteiger charge is -2.12. The second kappa shape index (κ2) is 5.05. The Balaban J connectivity index is 2.82. The van der Waals surface area contributed by atoms with E-state index in [1.807, 2.05) is 4.72 Å². The quantitative estimate of drug-likeness (QED) is 0.486. The summed E-state index contributed by atoms with van der Waals surface area (Å²) in [5.74, 6) is -1.35. The molecule has 0 aliphatic heterocycles. The summed E-state index contributed by atoms with van der Waals surface area (Å²) in [6.07, 6.45) is 1.98. The molecule has 0 fully saturated rings. The van der Waals surface area contributed by atoms with Crippen molar-refractivity contribution in [1.82, 2.24) is 14.9 Å². The van der Waals surface area contributed by atoms with Crippen LogP contribution in [-0.4, -0.2) is 47.4 Å². The number of carboxylic acids is 1. The molecule has 0 bridgehead atoms. The van der Waals surface area contributed by atoms with Crippen molar-refractivity contribution in [2.45, 2.75) is 17.4 Å². The van der Waals surface area contributed by atoms with Crippen LogP contribution in [0.15, 0.2) is 17.3 Å². The lowest BCUT2D eigenvalue weighted by Crippen LogP contribution is -2.41. The summed E-state index contributed by atoms with van der Waals surface area (Å²) in [5, 5.41) is 23.0. The van der Waals surface area contributed by atoms with Gasteiger partial charge in [0.15, 0.2) is 0 Å². The fraction of sp³-hybridized carbons (Fsp3) is 0.429. The van der Waals surface area contributed by atoms with Crippen LogP contribution in [0.3, 0.4) is 0 Å². The molecular formula is C7H11N3O5S. The third-order valence-corrected chi connectivity index (χ3v) is 3.24. The van der Waals surface area contributed by atoms with Gasteiger partial charge in [0, 0.05) is 12.8 Å². The van der Waals surface area contributed by atoms with Crippen molar-refractivity contribution in [2.75, 3.05) is 6.61 Å². The van der Waals surface area contributed by atoms with Crippen LogP contribution in [0, 0.1) is 0 Å². The van der Waals surface area contributed by atoms with E-state index < -0.39 is 28.6 Å². The Labute approximate surface area is 91.3 Å². The zero-order valence-electron chi connectivity index (χ0n) is 8.12. The summed E-state index contributed by atoms with van der Waals surface area (Å²) in [6, 6.07) is -1.36. The molecule has 1 aromatic rings. The Morgan fingerprint density at radius 3 is 2.75 bits per heavy atom. The van der Waals surface area contributed by atoms with Gasteiger partial charge < -0.3 is 10.2 Å². The summed E-state index contributed by atoms with van der Waals surface area (Å²) in [7, 11) is -3.92. The van der Waals surface area contributed by atoms with Gasteiger partial charge in [-0.25, -0.2) is 8.42 Å². The third kappa shape index (κ3) is 3.02. The number of rotatable bonds is 6. The molecule has 0 saturated carbocycles. The maximum absolute atomic E-state index is 11.6. The molecule has 1 rings (SSSR count). The van der Waals surface area contributed by atoms with Crippen molar-refractivity contribution >= 4 is 16.0 Å².